The van der Waals surface area contributed by atoms with Crippen LogP contribution >= 0.6 is 0 Å². The van der Waals surface area contributed by atoms with Crippen molar-refractivity contribution in [2.45, 2.75) is 25.3 Å². The molecule has 1 saturated carbocycles. The zero-order chi connectivity index (χ0) is 7.84. The Bertz CT molecular complexity index is 250. The maximum absolute atomic E-state index is 11.1. The highest BCUT2D eigenvalue weighted by Gasteiger charge is 2.37. The van der Waals surface area contributed by atoms with Crippen molar-refractivity contribution in [3.8, 4) is 0 Å². The molecule has 2 heteroatoms. The van der Waals surface area contributed by atoms with Gasteiger partial charge in [-0.3, -0.25) is 4.79 Å². The average Bonchev–Trinajstić information content (AvgIpc) is 2.30. The van der Waals surface area contributed by atoms with Gasteiger partial charge in [0.1, 0.15) is 0 Å². The summed E-state index contributed by atoms with van der Waals surface area (Å²) in [5.74, 6) is 0.498. The molecule has 1 aliphatic heterocycles. The van der Waals surface area contributed by atoms with E-state index in [2.05, 4.69) is 17.6 Å². The summed E-state index contributed by atoms with van der Waals surface area (Å²) in [5.41, 5.74) is 4.09. The predicted octanol–water partition coefficient (Wildman–Crippen LogP) is 0.996. The van der Waals surface area contributed by atoms with Crippen LogP contribution in [0.5, 0.6) is 0 Å². The van der Waals surface area contributed by atoms with Crippen LogP contribution in [0.3, 0.4) is 0 Å². The van der Waals surface area contributed by atoms with Crippen LogP contribution in [0, 0.1) is 5.92 Å². The molecule has 2 nitrogen and oxygen atoms in total. The second kappa shape index (κ2) is 2.24. The van der Waals surface area contributed by atoms with Crippen molar-refractivity contribution in [1.82, 2.24) is 5.32 Å². The quantitative estimate of drug-likeness (QED) is 0.511. The van der Waals surface area contributed by atoms with Gasteiger partial charge in [-0.25, -0.2) is 0 Å². The highest BCUT2D eigenvalue weighted by atomic mass is 16.2. The zero-order valence-electron chi connectivity index (χ0n) is 6.39. The maximum atomic E-state index is 11.1. The average molecular weight is 149 g/mol. The van der Waals surface area contributed by atoms with E-state index in [4.69, 9.17) is 0 Å². The van der Waals surface area contributed by atoms with Crippen molar-refractivity contribution >= 4 is 5.91 Å². The first-order valence-electron chi connectivity index (χ1n) is 4.00. The van der Waals surface area contributed by atoms with Crippen LogP contribution in [0.1, 0.15) is 19.3 Å². The minimum absolute atomic E-state index is 0.222. The van der Waals surface area contributed by atoms with E-state index < -0.39 is 0 Å². The van der Waals surface area contributed by atoms with E-state index in [-0.39, 0.29) is 17.9 Å². The molecule has 1 amide bonds. The molecule has 2 atom stereocenters. The minimum Gasteiger partial charge on any atom is -0.349 e. The van der Waals surface area contributed by atoms with E-state index in [1.165, 1.54) is 5.57 Å². The van der Waals surface area contributed by atoms with E-state index in [0.717, 1.165) is 19.3 Å². The Morgan fingerprint density at radius 1 is 1.64 bits per heavy atom. The summed E-state index contributed by atoms with van der Waals surface area (Å²) in [6.45, 7) is 3.61. The van der Waals surface area contributed by atoms with Crippen molar-refractivity contribution in [1.29, 1.82) is 0 Å². The molecule has 0 unspecified atom stereocenters. The fraction of sp³-hybridized carbons (Fsp3) is 0.556. The molecular weight excluding hydrogens is 138 g/mol. The molecule has 1 N–H and O–H groups in total. The Hall–Kier alpha value is -1.01. The monoisotopic (exact) mass is 149 g/mol. The molecule has 2 rings (SSSR count). The second-order valence-electron chi connectivity index (χ2n) is 3.23. The number of amides is 1. The first kappa shape index (κ1) is 6.68. The molecule has 2 aliphatic rings. The van der Waals surface area contributed by atoms with Crippen LogP contribution in [-0.4, -0.2) is 11.9 Å². The van der Waals surface area contributed by atoms with Gasteiger partial charge in [0.2, 0.25) is 5.91 Å². The topological polar surface area (TPSA) is 29.1 Å². The lowest BCUT2D eigenvalue weighted by Gasteiger charge is -2.17. The lowest BCUT2D eigenvalue weighted by atomic mass is 9.87. The van der Waals surface area contributed by atoms with Gasteiger partial charge in [-0.2, -0.15) is 0 Å². The number of carbonyl (C=O) groups excluding carboxylic acids is 1. The van der Waals surface area contributed by atoms with Crippen LogP contribution in [0.2, 0.25) is 0 Å². The summed E-state index contributed by atoms with van der Waals surface area (Å²) < 4.78 is 0. The van der Waals surface area contributed by atoms with Gasteiger partial charge in [0, 0.05) is 5.92 Å². The van der Waals surface area contributed by atoms with Crippen molar-refractivity contribution in [2.24, 2.45) is 5.92 Å². The fourth-order valence-corrected chi connectivity index (χ4v) is 1.93. The number of carbonyl (C=O) groups is 1. The van der Waals surface area contributed by atoms with Gasteiger partial charge in [0.05, 0.1) is 6.04 Å². The molecule has 1 saturated heterocycles. The molecule has 58 valence electrons. The van der Waals surface area contributed by atoms with E-state index >= 15 is 0 Å². The first-order valence-corrected chi connectivity index (χ1v) is 4.00. The molecule has 11 heavy (non-hydrogen) atoms. The zero-order valence-corrected chi connectivity index (χ0v) is 6.39. The third kappa shape index (κ3) is 0.908. The highest BCUT2D eigenvalue weighted by Crippen LogP contribution is 2.32. The fourth-order valence-electron chi connectivity index (χ4n) is 1.93. The Balaban J connectivity index is 2.28. The van der Waals surface area contributed by atoms with Gasteiger partial charge < -0.3 is 5.32 Å². The molecule has 0 aromatic carbocycles. The summed E-state index contributed by atoms with van der Waals surface area (Å²) >= 11 is 0. The third-order valence-corrected chi connectivity index (χ3v) is 2.62. The summed E-state index contributed by atoms with van der Waals surface area (Å²) in [6.07, 6.45) is 2.95. The van der Waals surface area contributed by atoms with Gasteiger partial charge in [-0.05, 0) is 24.8 Å². The lowest BCUT2D eigenvalue weighted by Crippen LogP contribution is -2.25. The number of hydrogen-bond acceptors (Lipinski definition) is 1. The molecular formula is C9H11NO. The van der Waals surface area contributed by atoms with Crippen molar-refractivity contribution in [3.05, 3.63) is 17.9 Å². The normalized spacial score (nSPS) is 34.9. The molecule has 2 bridgehead atoms. The molecule has 2 fully saturated rings. The van der Waals surface area contributed by atoms with Crippen LogP contribution in [0.15, 0.2) is 17.9 Å². The van der Waals surface area contributed by atoms with E-state index in [1.54, 1.807) is 0 Å². The number of rotatable bonds is 0. The number of fused-ring (bicyclic) bond motifs is 2. The van der Waals surface area contributed by atoms with E-state index in [9.17, 15) is 4.79 Å². The third-order valence-electron chi connectivity index (χ3n) is 2.62. The maximum Gasteiger partial charge on any atom is 0.223 e. The number of hydrogen-bond donors (Lipinski definition) is 1. The molecule has 1 aliphatic carbocycles. The van der Waals surface area contributed by atoms with Crippen molar-refractivity contribution < 1.29 is 4.79 Å². The SMILES string of the molecule is C=C=C1CC[C@@H]2C[C@H]1NC2=O. The standard InChI is InChI=1S/C9H11NO/c1-2-6-3-4-7-5-8(6)10-9(7)11/h7-8H,1,3-5H2,(H,10,11)/t7-,8-/m1/s1. The van der Waals surface area contributed by atoms with Crippen molar-refractivity contribution in [2.75, 3.05) is 0 Å². The molecule has 1 heterocycles. The molecule has 0 spiro atoms. The van der Waals surface area contributed by atoms with Gasteiger partial charge in [-0.15, -0.1) is 5.73 Å². The highest BCUT2D eigenvalue weighted by molar-refractivity contribution is 5.82. The van der Waals surface area contributed by atoms with Gasteiger partial charge >= 0.3 is 0 Å². The van der Waals surface area contributed by atoms with Crippen LogP contribution in [-0.2, 0) is 4.79 Å². The Kier molecular flexibility index (Phi) is 1.36. The van der Waals surface area contributed by atoms with Crippen LogP contribution < -0.4 is 5.32 Å². The largest absolute Gasteiger partial charge is 0.349 e. The van der Waals surface area contributed by atoms with E-state index in [1.807, 2.05) is 0 Å². The van der Waals surface area contributed by atoms with Gasteiger partial charge in [0.15, 0.2) is 0 Å². The Morgan fingerprint density at radius 3 is 3.18 bits per heavy atom. The summed E-state index contributed by atoms with van der Waals surface area (Å²) in [6, 6.07) is 0.263. The molecule has 0 radical (unpaired) electrons. The Labute approximate surface area is 66.0 Å². The minimum atomic E-state index is 0.222. The van der Waals surface area contributed by atoms with Crippen LogP contribution in [0.4, 0.5) is 0 Å². The smallest absolute Gasteiger partial charge is 0.223 e. The van der Waals surface area contributed by atoms with Crippen LogP contribution in [0.25, 0.3) is 0 Å². The molecule has 0 aromatic heterocycles. The lowest BCUT2D eigenvalue weighted by molar-refractivity contribution is -0.122. The first-order chi connectivity index (χ1) is 5.31. The van der Waals surface area contributed by atoms with E-state index in [0.29, 0.717) is 0 Å². The van der Waals surface area contributed by atoms with Crippen molar-refractivity contribution in [3.63, 3.8) is 0 Å². The predicted molar refractivity (Wildman–Crippen MR) is 41.9 cm³/mol. The summed E-state index contributed by atoms with van der Waals surface area (Å²) in [5, 5.41) is 2.94. The summed E-state index contributed by atoms with van der Waals surface area (Å²) in [4.78, 5) is 11.1. The molecule has 0 aromatic rings. The second-order valence-corrected chi connectivity index (χ2v) is 3.23. The Morgan fingerprint density at radius 2 is 2.45 bits per heavy atom. The summed E-state index contributed by atoms with van der Waals surface area (Å²) in [7, 11) is 0. The van der Waals surface area contributed by atoms with Gasteiger partial charge in [0.25, 0.3) is 0 Å². The number of nitrogens with one attached hydrogen (secondary N) is 1. The van der Waals surface area contributed by atoms with Gasteiger partial charge in [-0.1, -0.05) is 6.58 Å².